The van der Waals surface area contributed by atoms with Gasteiger partial charge >= 0.3 is 0 Å². The second kappa shape index (κ2) is 4.58. The first kappa shape index (κ1) is 10.5. The summed E-state index contributed by atoms with van der Waals surface area (Å²) in [5, 5.41) is 0. The second-order valence-electron chi connectivity index (χ2n) is 2.28. The molecule has 0 amide bonds. The highest BCUT2D eigenvalue weighted by Crippen LogP contribution is 2.30. The molecule has 1 rings (SSSR count). The van der Waals surface area contributed by atoms with Crippen LogP contribution in [0.5, 0.6) is 0 Å². The van der Waals surface area contributed by atoms with E-state index in [1.165, 1.54) is 5.56 Å². The smallest absolute Gasteiger partial charge is 0.0270 e. The molecule has 0 aliphatic carbocycles. The zero-order valence-electron chi connectivity index (χ0n) is 6.44. The minimum Gasteiger partial charge on any atom is -0.0870 e. The normalized spacial score (nSPS) is 11.0. The SMILES string of the molecule is CC=Cc1c(Br)cc(Br)cc1Br. The predicted molar refractivity (Wildman–Crippen MR) is 64.3 cm³/mol. The summed E-state index contributed by atoms with van der Waals surface area (Å²) >= 11 is 10.4. The van der Waals surface area contributed by atoms with Crippen molar-refractivity contribution < 1.29 is 0 Å². The molecule has 12 heavy (non-hydrogen) atoms. The van der Waals surface area contributed by atoms with Gasteiger partial charge in [-0.25, -0.2) is 0 Å². The summed E-state index contributed by atoms with van der Waals surface area (Å²) < 4.78 is 3.23. The fraction of sp³-hybridized carbons (Fsp3) is 0.111. The summed E-state index contributed by atoms with van der Waals surface area (Å²) in [7, 11) is 0. The first-order chi connectivity index (χ1) is 5.65. The van der Waals surface area contributed by atoms with E-state index in [-0.39, 0.29) is 0 Å². The molecule has 1 aromatic carbocycles. The summed E-state index contributed by atoms with van der Waals surface area (Å²) in [4.78, 5) is 0. The van der Waals surface area contributed by atoms with Gasteiger partial charge in [0.05, 0.1) is 0 Å². The summed E-state index contributed by atoms with van der Waals surface area (Å²) in [5.74, 6) is 0. The van der Waals surface area contributed by atoms with Gasteiger partial charge in [-0.1, -0.05) is 59.9 Å². The quantitative estimate of drug-likeness (QED) is 0.665. The van der Waals surface area contributed by atoms with E-state index in [9.17, 15) is 0 Å². The Morgan fingerprint density at radius 2 is 1.58 bits per heavy atom. The van der Waals surface area contributed by atoms with Gasteiger partial charge in [-0.15, -0.1) is 0 Å². The van der Waals surface area contributed by atoms with Gasteiger partial charge in [-0.05, 0) is 19.1 Å². The summed E-state index contributed by atoms with van der Waals surface area (Å²) in [6.45, 7) is 2.00. The molecule has 0 bridgehead atoms. The van der Waals surface area contributed by atoms with E-state index in [2.05, 4.69) is 53.9 Å². The Morgan fingerprint density at radius 1 is 1.08 bits per heavy atom. The van der Waals surface area contributed by atoms with Crippen molar-refractivity contribution in [1.29, 1.82) is 0 Å². The zero-order chi connectivity index (χ0) is 9.14. The molecule has 0 nitrogen and oxygen atoms in total. The monoisotopic (exact) mass is 352 g/mol. The highest BCUT2D eigenvalue weighted by Gasteiger charge is 2.02. The highest BCUT2D eigenvalue weighted by molar-refractivity contribution is 9.11. The van der Waals surface area contributed by atoms with Gasteiger partial charge in [0.2, 0.25) is 0 Å². The van der Waals surface area contributed by atoms with Crippen LogP contribution in [0.25, 0.3) is 6.08 Å². The van der Waals surface area contributed by atoms with E-state index < -0.39 is 0 Å². The van der Waals surface area contributed by atoms with Gasteiger partial charge in [-0.2, -0.15) is 0 Å². The number of rotatable bonds is 1. The Bertz CT molecular complexity index is 293. The average molecular weight is 355 g/mol. The van der Waals surface area contributed by atoms with Crippen molar-refractivity contribution in [3.05, 3.63) is 37.2 Å². The van der Waals surface area contributed by atoms with Crippen LogP contribution >= 0.6 is 47.8 Å². The standard InChI is InChI=1S/C9H7Br3/c1-2-3-7-8(11)4-6(10)5-9(7)12/h2-5H,1H3. The topological polar surface area (TPSA) is 0 Å². The predicted octanol–water partition coefficient (Wildman–Crippen LogP) is 5.01. The molecule has 1 aromatic rings. The molecule has 0 N–H and O–H groups in total. The van der Waals surface area contributed by atoms with Crippen LogP contribution in [0.2, 0.25) is 0 Å². The van der Waals surface area contributed by atoms with Crippen LogP contribution in [0.4, 0.5) is 0 Å². The van der Waals surface area contributed by atoms with Crippen LogP contribution in [0.3, 0.4) is 0 Å². The van der Waals surface area contributed by atoms with Crippen LogP contribution in [0.1, 0.15) is 12.5 Å². The van der Waals surface area contributed by atoms with Gasteiger partial charge in [0.25, 0.3) is 0 Å². The first-order valence-electron chi connectivity index (χ1n) is 3.42. The number of benzene rings is 1. The fourth-order valence-corrected chi connectivity index (χ4v) is 3.40. The van der Waals surface area contributed by atoms with Gasteiger partial charge in [0.1, 0.15) is 0 Å². The number of halogens is 3. The van der Waals surface area contributed by atoms with Crippen LogP contribution in [0, 0.1) is 0 Å². The maximum Gasteiger partial charge on any atom is 0.0270 e. The van der Waals surface area contributed by atoms with Crippen molar-refractivity contribution in [3.8, 4) is 0 Å². The van der Waals surface area contributed by atoms with Gasteiger partial charge in [-0.3, -0.25) is 0 Å². The van der Waals surface area contributed by atoms with Gasteiger partial charge in [0.15, 0.2) is 0 Å². The first-order valence-corrected chi connectivity index (χ1v) is 5.80. The molecule has 3 heteroatoms. The van der Waals surface area contributed by atoms with E-state index in [4.69, 9.17) is 0 Å². The Kier molecular flexibility index (Phi) is 4.00. The molecule has 0 unspecified atom stereocenters. The molecule has 64 valence electrons. The molecule has 0 heterocycles. The lowest BCUT2D eigenvalue weighted by molar-refractivity contribution is 1.51. The van der Waals surface area contributed by atoms with Crippen LogP contribution in [-0.2, 0) is 0 Å². The Balaban J connectivity index is 3.28. The van der Waals surface area contributed by atoms with E-state index in [1.807, 2.05) is 25.1 Å². The third-order valence-electron chi connectivity index (χ3n) is 1.38. The fourth-order valence-electron chi connectivity index (χ4n) is 0.879. The van der Waals surface area contributed by atoms with E-state index in [1.54, 1.807) is 0 Å². The molecular formula is C9H7Br3. The molecule has 0 saturated heterocycles. The molecule has 0 radical (unpaired) electrons. The Labute approximate surface area is 97.4 Å². The Hall–Kier alpha value is 0.400. The van der Waals surface area contributed by atoms with Crippen molar-refractivity contribution in [1.82, 2.24) is 0 Å². The lowest BCUT2D eigenvalue weighted by atomic mass is 10.2. The molecule has 0 saturated carbocycles. The van der Waals surface area contributed by atoms with E-state index in [0.717, 1.165) is 13.4 Å². The summed E-state index contributed by atoms with van der Waals surface area (Å²) in [6.07, 6.45) is 4.07. The Morgan fingerprint density at radius 3 is 2.00 bits per heavy atom. The average Bonchev–Trinajstić information content (AvgIpc) is 1.96. The lowest BCUT2D eigenvalue weighted by Crippen LogP contribution is -1.78. The number of allylic oxidation sites excluding steroid dienone is 1. The van der Waals surface area contributed by atoms with Crippen molar-refractivity contribution in [2.24, 2.45) is 0 Å². The van der Waals surface area contributed by atoms with Crippen LogP contribution in [-0.4, -0.2) is 0 Å². The summed E-state index contributed by atoms with van der Waals surface area (Å²) in [5.41, 5.74) is 1.17. The zero-order valence-corrected chi connectivity index (χ0v) is 11.2. The summed E-state index contributed by atoms with van der Waals surface area (Å²) in [6, 6.07) is 4.06. The van der Waals surface area contributed by atoms with E-state index >= 15 is 0 Å². The van der Waals surface area contributed by atoms with Crippen molar-refractivity contribution >= 4 is 53.9 Å². The molecule has 0 aliphatic rings. The lowest BCUT2D eigenvalue weighted by Gasteiger charge is -2.02. The van der Waals surface area contributed by atoms with Crippen LogP contribution in [0.15, 0.2) is 31.6 Å². The number of hydrogen-bond donors (Lipinski definition) is 0. The van der Waals surface area contributed by atoms with Gasteiger partial charge in [0, 0.05) is 19.0 Å². The maximum absolute atomic E-state index is 3.49. The molecule has 0 spiro atoms. The third kappa shape index (κ3) is 2.44. The third-order valence-corrected chi connectivity index (χ3v) is 3.15. The largest absolute Gasteiger partial charge is 0.0870 e. The molecule has 0 aromatic heterocycles. The van der Waals surface area contributed by atoms with E-state index in [0.29, 0.717) is 0 Å². The van der Waals surface area contributed by atoms with Crippen LogP contribution < -0.4 is 0 Å². The molecular weight excluding hydrogens is 348 g/mol. The maximum atomic E-state index is 3.49. The molecule has 0 fully saturated rings. The van der Waals surface area contributed by atoms with Crippen molar-refractivity contribution in [3.63, 3.8) is 0 Å². The van der Waals surface area contributed by atoms with Crippen molar-refractivity contribution in [2.45, 2.75) is 6.92 Å². The second-order valence-corrected chi connectivity index (χ2v) is 4.91. The number of hydrogen-bond acceptors (Lipinski definition) is 0. The molecule has 0 atom stereocenters. The van der Waals surface area contributed by atoms with Gasteiger partial charge < -0.3 is 0 Å². The minimum atomic E-state index is 1.06. The minimum absolute atomic E-state index is 1.06. The molecule has 0 aliphatic heterocycles. The highest BCUT2D eigenvalue weighted by atomic mass is 79.9. The van der Waals surface area contributed by atoms with Crippen molar-refractivity contribution in [2.75, 3.05) is 0 Å².